The summed E-state index contributed by atoms with van der Waals surface area (Å²) in [7, 11) is 0. The largest absolute Gasteiger partial charge is 0.478 e. The maximum atomic E-state index is 13.1. The standard InChI is InChI=1S/C23H14O5/c24-21-18-4-2-1-3-17(18)19(13-5-9-15(10-6-13)22(25)26)20(21)14-7-11-16(12-8-14)23(27)28/h1-12H,(H,25,26)(H,27,28). The third kappa shape index (κ3) is 2.79. The molecule has 5 heteroatoms. The second-order valence-electron chi connectivity index (χ2n) is 6.39. The minimum Gasteiger partial charge on any atom is -0.478 e. The summed E-state index contributed by atoms with van der Waals surface area (Å²) in [5.74, 6) is -2.20. The highest BCUT2D eigenvalue weighted by molar-refractivity contribution is 6.41. The second-order valence-corrected chi connectivity index (χ2v) is 6.39. The Morgan fingerprint density at radius 2 is 1.00 bits per heavy atom. The van der Waals surface area contributed by atoms with Crippen molar-refractivity contribution in [3.05, 3.63) is 106 Å². The number of fused-ring (bicyclic) bond motifs is 1. The van der Waals surface area contributed by atoms with Crippen LogP contribution < -0.4 is 0 Å². The molecule has 0 aliphatic heterocycles. The first-order valence-electron chi connectivity index (χ1n) is 8.53. The second kappa shape index (κ2) is 6.63. The normalized spacial score (nSPS) is 12.8. The molecule has 0 bridgehead atoms. The van der Waals surface area contributed by atoms with Gasteiger partial charge in [0.2, 0.25) is 0 Å². The average Bonchev–Trinajstić information content (AvgIpc) is 3.01. The van der Waals surface area contributed by atoms with E-state index in [1.807, 2.05) is 12.1 Å². The Balaban J connectivity index is 1.93. The van der Waals surface area contributed by atoms with E-state index in [2.05, 4.69) is 0 Å². The topological polar surface area (TPSA) is 91.7 Å². The van der Waals surface area contributed by atoms with Crippen molar-refractivity contribution in [3.63, 3.8) is 0 Å². The van der Waals surface area contributed by atoms with Gasteiger partial charge in [0.1, 0.15) is 0 Å². The molecule has 5 nitrogen and oxygen atoms in total. The summed E-state index contributed by atoms with van der Waals surface area (Å²) >= 11 is 0. The van der Waals surface area contributed by atoms with Crippen LogP contribution in [0.4, 0.5) is 0 Å². The van der Waals surface area contributed by atoms with Crippen LogP contribution in [0.2, 0.25) is 0 Å². The Morgan fingerprint density at radius 1 is 0.571 bits per heavy atom. The van der Waals surface area contributed by atoms with E-state index in [-0.39, 0.29) is 16.9 Å². The van der Waals surface area contributed by atoms with Crippen LogP contribution in [0.3, 0.4) is 0 Å². The van der Waals surface area contributed by atoms with Crippen LogP contribution in [0.15, 0.2) is 72.8 Å². The van der Waals surface area contributed by atoms with Crippen LogP contribution in [-0.4, -0.2) is 27.9 Å². The Bertz CT molecular complexity index is 1150. The SMILES string of the molecule is O=C(O)c1ccc(C2=C(c3ccc(C(=O)O)cc3)c3ccccc3C2=O)cc1. The minimum atomic E-state index is -1.04. The monoisotopic (exact) mass is 370 g/mol. The molecule has 0 aromatic heterocycles. The Kier molecular flexibility index (Phi) is 4.12. The van der Waals surface area contributed by atoms with E-state index in [4.69, 9.17) is 10.2 Å². The fourth-order valence-corrected chi connectivity index (χ4v) is 3.42. The van der Waals surface area contributed by atoms with Crippen LogP contribution >= 0.6 is 0 Å². The maximum Gasteiger partial charge on any atom is 0.335 e. The summed E-state index contributed by atoms with van der Waals surface area (Å²) < 4.78 is 0. The number of hydrogen-bond acceptors (Lipinski definition) is 3. The molecule has 1 aliphatic rings. The lowest BCUT2D eigenvalue weighted by molar-refractivity contribution is 0.0686. The number of Topliss-reactive ketones (excluding diaryl/α,β-unsaturated/α-hetero) is 1. The van der Waals surface area contributed by atoms with Crippen molar-refractivity contribution in [3.8, 4) is 0 Å². The van der Waals surface area contributed by atoms with Gasteiger partial charge in [-0.25, -0.2) is 9.59 Å². The zero-order valence-corrected chi connectivity index (χ0v) is 14.5. The average molecular weight is 370 g/mol. The van der Waals surface area contributed by atoms with Crippen LogP contribution in [0.1, 0.15) is 47.8 Å². The zero-order chi connectivity index (χ0) is 19.8. The number of allylic oxidation sites excluding steroid dienone is 1. The van der Waals surface area contributed by atoms with Crippen molar-refractivity contribution in [2.24, 2.45) is 0 Å². The van der Waals surface area contributed by atoms with E-state index in [1.54, 1.807) is 36.4 Å². The highest BCUT2D eigenvalue weighted by atomic mass is 16.4. The van der Waals surface area contributed by atoms with Crippen molar-refractivity contribution in [2.75, 3.05) is 0 Å². The van der Waals surface area contributed by atoms with Gasteiger partial charge >= 0.3 is 11.9 Å². The lowest BCUT2D eigenvalue weighted by atomic mass is 9.93. The quantitative estimate of drug-likeness (QED) is 0.717. The number of carboxylic acid groups (broad SMARTS) is 2. The third-order valence-electron chi connectivity index (χ3n) is 4.76. The van der Waals surface area contributed by atoms with E-state index < -0.39 is 11.9 Å². The number of hydrogen-bond donors (Lipinski definition) is 2. The van der Waals surface area contributed by atoms with Gasteiger partial charge < -0.3 is 10.2 Å². The van der Waals surface area contributed by atoms with E-state index in [1.165, 1.54) is 24.3 Å². The molecule has 0 saturated heterocycles. The van der Waals surface area contributed by atoms with Gasteiger partial charge in [0.15, 0.2) is 5.78 Å². The number of rotatable bonds is 4. The van der Waals surface area contributed by atoms with E-state index in [9.17, 15) is 14.4 Å². The lowest BCUT2D eigenvalue weighted by Gasteiger charge is -2.09. The van der Waals surface area contributed by atoms with Gasteiger partial charge in [-0.2, -0.15) is 0 Å². The maximum absolute atomic E-state index is 13.1. The number of benzene rings is 3. The van der Waals surface area contributed by atoms with Crippen molar-refractivity contribution in [1.82, 2.24) is 0 Å². The molecule has 3 aromatic rings. The molecular formula is C23H14O5. The molecule has 136 valence electrons. The molecule has 0 atom stereocenters. The van der Waals surface area contributed by atoms with Crippen molar-refractivity contribution in [2.45, 2.75) is 0 Å². The van der Waals surface area contributed by atoms with Gasteiger partial charge in [-0.05, 0) is 41.0 Å². The molecular weight excluding hydrogens is 356 g/mol. The summed E-state index contributed by atoms with van der Waals surface area (Å²) in [6.45, 7) is 0. The summed E-state index contributed by atoms with van der Waals surface area (Å²) in [4.78, 5) is 35.4. The summed E-state index contributed by atoms with van der Waals surface area (Å²) in [5.41, 5.74) is 4.16. The van der Waals surface area contributed by atoms with Gasteiger partial charge in [-0.1, -0.05) is 48.5 Å². The van der Waals surface area contributed by atoms with Gasteiger partial charge in [-0.15, -0.1) is 0 Å². The molecule has 0 radical (unpaired) electrons. The van der Waals surface area contributed by atoms with Crippen LogP contribution in [0, 0.1) is 0 Å². The predicted molar refractivity (Wildman–Crippen MR) is 103 cm³/mol. The van der Waals surface area contributed by atoms with Crippen LogP contribution in [0.5, 0.6) is 0 Å². The van der Waals surface area contributed by atoms with Crippen LogP contribution in [0.25, 0.3) is 11.1 Å². The molecule has 0 spiro atoms. The number of carbonyl (C=O) groups is 3. The fourth-order valence-electron chi connectivity index (χ4n) is 3.42. The Morgan fingerprint density at radius 3 is 1.46 bits per heavy atom. The Labute approximate surface area is 160 Å². The zero-order valence-electron chi connectivity index (χ0n) is 14.5. The molecule has 0 fully saturated rings. The first kappa shape index (κ1) is 17.4. The Hall–Kier alpha value is -3.99. The number of carbonyl (C=O) groups excluding carboxylic acids is 1. The van der Waals surface area contributed by atoms with Crippen molar-refractivity contribution >= 4 is 28.9 Å². The van der Waals surface area contributed by atoms with Gasteiger partial charge in [0.25, 0.3) is 0 Å². The van der Waals surface area contributed by atoms with E-state index >= 15 is 0 Å². The number of carboxylic acids is 2. The lowest BCUT2D eigenvalue weighted by Crippen LogP contribution is -2.00. The van der Waals surface area contributed by atoms with Crippen molar-refractivity contribution in [1.29, 1.82) is 0 Å². The first-order valence-corrected chi connectivity index (χ1v) is 8.53. The van der Waals surface area contributed by atoms with E-state index in [0.717, 1.165) is 11.1 Å². The van der Waals surface area contributed by atoms with Crippen LogP contribution in [-0.2, 0) is 0 Å². The van der Waals surface area contributed by atoms with Crippen molar-refractivity contribution < 1.29 is 24.6 Å². The highest BCUT2D eigenvalue weighted by Crippen LogP contribution is 2.42. The fraction of sp³-hybridized carbons (Fsp3) is 0. The number of ketones is 1. The van der Waals surface area contributed by atoms with Gasteiger partial charge in [0.05, 0.1) is 11.1 Å². The summed E-state index contributed by atoms with van der Waals surface area (Å²) in [6.07, 6.45) is 0. The molecule has 0 saturated carbocycles. The predicted octanol–water partition coefficient (Wildman–Crippen LogP) is 4.24. The molecule has 1 aliphatic carbocycles. The third-order valence-corrected chi connectivity index (χ3v) is 4.76. The van der Waals surface area contributed by atoms with Gasteiger partial charge in [0, 0.05) is 16.7 Å². The summed E-state index contributed by atoms with van der Waals surface area (Å²) in [5, 5.41) is 18.2. The highest BCUT2D eigenvalue weighted by Gasteiger charge is 2.31. The molecule has 4 rings (SSSR count). The first-order chi connectivity index (χ1) is 13.5. The van der Waals surface area contributed by atoms with E-state index in [0.29, 0.717) is 22.3 Å². The molecule has 0 amide bonds. The molecule has 3 aromatic carbocycles. The molecule has 0 heterocycles. The summed E-state index contributed by atoms with van der Waals surface area (Å²) in [6, 6.07) is 19.8. The smallest absolute Gasteiger partial charge is 0.335 e. The molecule has 28 heavy (non-hydrogen) atoms. The minimum absolute atomic E-state index is 0.139. The molecule has 2 N–H and O–H groups in total. The molecule has 0 unspecified atom stereocenters. The van der Waals surface area contributed by atoms with Gasteiger partial charge in [-0.3, -0.25) is 4.79 Å². The number of aromatic carboxylic acids is 2.